The highest BCUT2D eigenvalue weighted by molar-refractivity contribution is 7.98. The number of carboxylic acids is 1. The Morgan fingerprint density at radius 1 is 1.00 bits per heavy atom. The fourth-order valence-corrected chi connectivity index (χ4v) is 4.53. The van der Waals surface area contributed by atoms with Crippen LogP contribution < -0.4 is 4.74 Å². The summed E-state index contributed by atoms with van der Waals surface area (Å²) in [7, 11) is 0. The lowest BCUT2D eigenvalue weighted by molar-refractivity contribution is 0.0697. The summed E-state index contributed by atoms with van der Waals surface area (Å²) in [6.45, 7) is 2.00. The van der Waals surface area contributed by atoms with E-state index in [1.807, 2.05) is 67.6 Å². The molecule has 6 nitrogen and oxygen atoms in total. The molecule has 2 heterocycles. The molecule has 5 rings (SSSR count). The Balaban J connectivity index is 1.29. The number of carboxylic acid groups (broad SMARTS) is 1. The van der Waals surface area contributed by atoms with Crippen molar-refractivity contribution in [3.63, 3.8) is 0 Å². The Kier molecular flexibility index (Phi) is 6.01. The fraction of sp³-hybridized carbons (Fsp3) is 0.0741. The Morgan fingerprint density at radius 3 is 2.62 bits per heavy atom. The number of pyridine rings is 1. The summed E-state index contributed by atoms with van der Waals surface area (Å²) in [6.07, 6.45) is 1.75. The van der Waals surface area contributed by atoms with E-state index < -0.39 is 5.97 Å². The molecular weight excluding hydrogens is 446 g/mol. The second-order valence-electron chi connectivity index (χ2n) is 7.74. The maximum Gasteiger partial charge on any atom is 0.335 e. The minimum Gasteiger partial charge on any atom is -0.478 e. The molecule has 0 saturated heterocycles. The molecule has 3 aromatic carbocycles. The summed E-state index contributed by atoms with van der Waals surface area (Å²) >= 11 is 1.60. The number of benzene rings is 3. The minimum atomic E-state index is -0.941. The maximum atomic E-state index is 11.2. The molecule has 0 saturated carbocycles. The topological polar surface area (TPSA) is 88.1 Å². The second-order valence-corrected chi connectivity index (χ2v) is 8.71. The number of carbonyl (C=O) groups is 1. The quantitative estimate of drug-likeness (QED) is 0.258. The van der Waals surface area contributed by atoms with Crippen LogP contribution in [0.2, 0.25) is 0 Å². The molecule has 0 aliphatic heterocycles. The number of para-hydroxylation sites is 2. The molecule has 5 aromatic rings. The van der Waals surface area contributed by atoms with E-state index in [1.165, 1.54) is 0 Å². The van der Waals surface area contributed by atoms with Crippen LogP contribution in [0.1, 0.15) is 21.6 Å². The Hall–Kier alpha value is -4.10. The van der Waals surface area contributed by atoms with Crippen LogP contribution in [0.15, 0.2) is 90.2 Å². The molecule has 34 heavy (non-hydrogen) atoms. The molecule has 7 heteroatoms. The van der Waals surface area contributed by atoms with Gasteiger partial charge in [-0.15, -0.1) is 0 Å². The van der Waals surface area contributed by atoms with Gasteiger partial charge in [0.1, 0.15) is 11.5 Å². The number of thioether (sulfide) groups is 1. The number of ether oxygens (including phenoxy) is 1. The van der Waals surface area contributed by atoms with E-state index in [1.54, 1.807) is 36.2 Å². The van der Waals surface area contributed by atoms with Crippen LogP contribution in [0.5, 0.6) is 11.5 Å². The summed E-state index contributed by atoms with van der Waals surface area (Å²) in [6, 6.07) is 24.3. The fourth-order valence-electron chi connectivity index (χ4n) is 3.62. The second kappa shape index (κ2) is 9.41. The molecule has 0 unspecified atom stereocenters. The number of H-pyrrole nitrogens is 1. The Labute approximate surface area is 200 Å². The van der Waals surface area contributed by atoms with Crippen LogP contribution in [0, 0.1) is 6.92 Å². The van der Waals surface area contributed by atoms with Crippen LogP contribution in [-0.4, -0.2) is 26.0 Å². The van der Waals surface area contributed by atoms with Crippen molar-refractivity contribution in [2.45, 2.75) is 17.8 Å². The highest BCUT2D eigenvalue weighted by atomic mass is 32.2. The molecule has 168 valence electrons. The smallest absolute Gasteiger partial charge is 0.335 e. The first kappa shape index (κ1) is 21.7. The molecule has 2 aromatic heterocycles. The number of hydrogen-bond donors (Lipinski definition) is 2. The van der Waals surface area contributed by atoms with Gasteiger partial charge >= 0.3 is 5.97 Å². The van der Waals surface area contributed by atoms with Gasteiger partial charge < -0.3 is 14.8 Å². The van der Waals surface area contributed by atoms with Crippen molar-refractivity contribution < 1.29 is 14.6 Å². The van der Waals surface area contributed by atoms with Gasteiger partial charge in [0.2, 0.25) is 0 Å². The molecule has 0 aliphatic rings. The summed E-state index contributed by atoms with van der Waals surface area (Å²) in [5, 5.41) is 10.1. The lowest BCUT2D eigenvalue weighted by Gasteiger charge is -2.12. The maximum absolute atomic E-state index is 11.2. The normalized spacial score (nSPS) is 11.0. The van der Waals surface area contributed by atoms with Gasteiger partial charge in [0.25, 0.3) is 0 Å². The van der Waals surface area contributed by atoms with Crippen LogP contribution in [0.25, 0.3) is 22.2 Å². The first-order chi connectivity index (χ1) is 16.6. The first-order valence-electron chi connectivity index (χ1n) is 10.7. The average Bonchev–Trinajstić information content (AvgIpc) is 3.28. The number of imidazole rings is 1. The molecular formula is C27H21N3O3S. The molecule has 0 fully saturated rings. The van der Waals surface area contributed by atoms with Crippen molar-refractivity contribution in [1.29, 1.82) is 0 Å². The number of rotatable bonds is 7. The SMILES string of the molecule is Cc1c(Oc2ccc(-c3cccc(C(=O)O)c3)cc2)ccnc1CSc1nc2ccccc2[nH]1. The van der Waals surface area contributed by atoms with Gasteiger partial charge in [-0.2, -0.15) is 0 Å². The van der Waals surface area contributed by atoms with Crippen molar-refractivity contribution in [2.24, 2.45) is 0 Å². The molecule has 0 bridgehead atoms. The third-order valence-electron chi connectivity index (χ3n) is 5.50. The number of nitrogens with zero attached hydrogens (tertiary/aromatic N) is 2. The van der Waals surface area contributed by atoms with E-state index in [9.17, 15) is 9.90 Å². The summed E-state index contributed by atoms with van der Waals surface area (Å²) in [5.41, 5.74) is 5.91. The zero-order valence-electron chi connectivity index (χ0n) is 18.4. The Morgan fingerprint density at radius 2 is 1.82 bits per heavy atom. The van der Waals surface area contributed by atoms with Crippen molar-refractivity contribution in [2.75, 3.05) is 0 Å². The third kappa shape index (κ3) is 4.65. The van der Waals surface area contributed by atoms with Crippen LogP contribution in [0.4, 0.5) is 0 Å². The predicted molar refractivity (Wildman–Crippen MR) is 134 cm³/mol. The van der Waals surface area contributed by atoms with Crippen LogP contribution in [-0.2, 0) is 5.75 Å². The standard InChI is InChI=1S/C27H21N3O3S/c1-17-24(16-34-27-29-22-7-2-3-8-23(22)30-27)28-14-13-25(17)33-21-11-9-18(10-12-21)19-5-4-6-20(15-19)26(31)32/h2-15H,16H2,1H3,(H,29,30)(H,31,32). The van der Waals surface area contributed by atoms with Crippen LogP contribution >= 0.6 is 11.8 Å². The van der Waals surface area contributed by atoms with E-state index in [-0.39, 0.29) is 5.56 Å². The van der Waals surface area contributed by atoms with Gasteiger partial charge in [-0.1, -0.05) is 48.2 Å². The average molecular weight is 468 g/mol. The monoisotopic (exact) mass is 467 g/mol. The van der Waals surface area contributed by atoms with Gasteiger partial charge in [0, 0.05) is 17.5 Å². The summed E-state index contributed by atoms with van der Waals surface area (Å²) < 4.78 is 6.14. The number of aromatic amines is 1. The molecule has 2 N–H and O–H groups in total. The Bertz CT molecular complexity index is 1450. The molecule has 0 amide bonds. The number of aromatic nitrogens is 3. The van der Waals surface area contributed by atoms with Gasteiger partial charge in [-0.25, -0.2) is 9.78 Å². The minimum absolute atomic E-state index is 0.262. The third-order valence-corrected chi connectivity index (χ3v) is 6.38. The number of aromatic carboxylic acids is 1. The highest BCUT2D eigenvalue weighted by Crippen LogP contribution is 2.31. The van der Waals surface area contributed by atoms with Crippen molar-refractivity contribution >= 4 is 28.8 Å². The molecule has 0 radical (unpaired) electrons. The molecule has 0 spiro atoms. The zero-order chi connectivity index (χ0) is 23.5. The van der Waals surface area contributed by atoms with Crippen LogP contribution in [0.3, 0.4) is 0 Å². The summed E-state index contributed by atoms with van der Waals surface area (Å²) in [4.78, 5) is 23.7. The van der Waals surface area contributed by atoms with E-state index in [2.05, 4.69) is 15.0 Å². The van der Waals surface area contributed by atoms with Crippen molar-refractivity contribution in [1.82, 2.24) is 15.0 Å². The molecule has 0 atom stereocenters. The lowest BCUT2D eigenvalue weighted by atomic mass is 10.0. The number of nitrogens with one attached hydrogen (secondary N) is 1. The molecule has 0 aliphatic carbocycles. The number of fused-ring (bicyclic) bond motifs is 1. The van der Waals surface area contributed by atoms with Gasteiger partial charge in [0.05, 0.1) is 22.3 Å². The highest BCUT2D eigenvalue weighted by Gasteiger charge is 2.11. The summed E-state index contributed by atoms with van der Waals surface area (Å²) in [5.74, 6) is 1.17. The lowest BCUT2D eigenvalue weighted by Crippen LogP contribution is -1.96. The van der Waals surface area contributed by atoms with E-state index in [0.717, 1.165) is 44.3 Å². The van der Waals surface area contributed by atoms with Gasteiger partial charge in [0.15, 0.2) is 5.16 Å². The van der Waals surface area contributed by atoms with E-state index in [4.69, 9.17) is 4.74 Å². The van der Waals surface area contributed by atoms with Gasteiger partial charge in [-0.3, -0.25) is 4.98 Å². The zero-order valence-corrected chi connectivity index (χ0v) is 19.2. The van der Waals surface area contributed by atoms with Crippen molar-refractivity contribution in [3.8, 4) is 22.6 Å². The first-order valence-corrected chi connectivity index (χ1v) is 11.7. The van der Waals surface area contributed by atoms with Crippen molar-refractivity contribution in [3.05, 3.63) is 102 Å². The van der Waals surface area contributed by atoms with E-state index >= 15 is 0 Å². The van der Waals surface area contributed by atoms with E-state index in [0.29, 0.717) is 11.5 Å². The number of hydrogen-bond acceptors (Lipinski definition) is 5. The predicted octanol–water partition coefficient (Wildman–Crippen LogP) is 6.72. The van der Waals surface area contributed by atoms with Gasteiger partial charge in [-0.05, 0) is 60.5 Å². The largest absolute Gasteiger partial charge is 0.478 e.